The van der Waals surface area contributed by atoms with Crippen molar-refractivity contribution in [1.29, 1.82) is 0 Å². The van der Waals surface area contributed by atoms with Crippen molar-refractivity contribution in [2.24, 2.45) is 0 Å². The second kappa shape index (κ2) is 3.70. The van der Waals surface area contributed by atoms with Crippen LogP contribution in [0.15, 0.2) is 0 Å². The Morgan fingerprint density at radius 3 is 1.67 bits per heavy atom. The quantitative estimate of drug-likeness (QED) is 0.494. The zero-order chi connectivity index (χ0) is 4.99. The Bertz CT molecular complexity index is 26.7. The normalized spacial score (nSPS) is 10.0. The standard InChI is InChI=1S/C4H12AsN/c1-3-6(5)4-2/h3-5H2,1-2H3. The molecule has 0 amide bonds. The van der Waals surface area contributed by atoms with Crippen molar-refractivity contribution in [2.45, 2.75) is 13.8 Å². The molecule has 0 aliphatic heterocycles. The van der Waals surface area contributed by atoms with Gasteiger partial charge in [0.1, 0.15) is 0 Å². The molecular formula is C4H12AsN. The van der Waals surface area contributed by atoms with Crippen molar-refractivity contribution >= 4 is 17.1 Å². The van der Waals surface area contributed by atoms with E-state index in [-0.39, 0.29) is 0 Å². The molecule has 38 valence electrons. The summed E-state index contributed by atoms with van der Waals surface area (Å²) in [6.07, 6.45) is 0. The van der Waals surface area contributed by atoms with Crippen LogP contribution in [0.25, 0.3) is 0 Å². The summed E-state index contributed by atoms with van der Waals surface area (Å²) in [6, 6.07) is 0. The summed E-state index contributed by atoms with van der Waals surface area (Å²) in [7, 11) is 0. The summed E-state index contributed by atoms with van der Waals surface area (Å²) in [6.45, 7) is 6.73. The monoisotopic (exact) mass is 149 g/mol. The van der Waals surface area contributed by atoms with Gasteiger partial charge in [-0.15, -0.1) is 0 Å². The average molecular weight is 149 g/mol. The molecule has 0 radical (unpaired) electrons. The predicted octanol–water partition coefficient (Wildman–Crippen LogP) is -0.124. The first-order chi connectivity index (χ1) is 2.81. The molecule has 1 nitrogen and oxygen atoms in total. The van der Waals surface area contributed by atoms with Gasteiger partial charge in [0, 0.05) is 0 Å². The maximum atomic E-state index is 2.31. The molecular weight excluding hydrogens is 137 g/mol. The molecule has 6 heavy (non-hydrogen) atoms. The number of nitrogens with zero attached hydrogens (tertiary/aromatic N) is 1. The Hall–Kier alpha value is 0.518. The molecule has 0 spiro atoms. The molecule has 0 saturated heterocycles. The molecule has 0 saturated carbocycles. The zero-order valence-corrected chi connectivity index (χ0v) is 6.86. The van der Waals surface area contributed by atoms with Crippen molar-refractivity contribution in [1.82, 2.24) is 3.82 Å². The molecule has 2 heteroatoms. The predicted molar refractivity (Wildman–Crippen MR) is 31.5 cm³/mol. The Labute approximate surface area is 48.4 Å². The maximum absolute atomic E-state index is 2.31. The van der Waals surface area contributed by atoms with Gasteiger partial charge in [-0.05, 0) is 0 Å². The van der Waals surface area contributed by atoms with E-state index in [1.165, 1.54) is 13.1 Å². The van der Waals surface area contributed by atoms with Crippen LogP contribution in [-0.2, 0) is 0 Å². The Morgan fingerprint density at radius 1 is 1.33 bits per heavy atom. The van der Waals surface area contributed by atoms with Crippen LogP contribution in [0, 0.1) is 0 Å². The summed E-state index contributed by atoms with van der Waals surface area (Å²) in [5.41, 5.74) is 0. The third kappa shape index (κ3) is 2.74. The van der Waals surface area contributed by atoms with Crippen LogP contribution < -0.4 is 0 Å². The van der Waals surface area contributed by atoms with E-state index in [2.05, 4.69) is 17.7 Å². The Morgan fingerprint density at radius 2 is 1.67 bits per heavy atom. The number of hydrogen-bond acceptors (Lipinski definition) is 1. The molecule has 0 aromatic rings. The van der Waals surface area contributed by atoms with Crippen LogP contribution in [0.1, 0.15) is 13.8 Å². The van der Waals surface area contributed by atoms with Gasteiger partial charge in [0.05, 0.1) is 0 Å². The zero-order valence-electron chi connectivity index (χ0n) is 4.44. The van der Waals surface area contributed by atoms with E-state index in [0.29, 0.717) is 0 Å². The molecule has 1 unspecified atom stereocenters. The Balaban J connectivity index is 2.75. The molecule has 0 aliphatic carbocycles. The van der Waals surface area contributed by atoms with Crippen LogP contribution in [0.5, 0.6) is 0 Å². The van der Waals surface area contributed by atoms with Gasteiger partial charge < -0.3 is 0 Å². The molecule has 1 atom stereocenters. The molecule has 0 heterocycles. The topological polar surface area (TPSA) is 3.24 Å². The fourth-order valence-electron chi connectivity index (χ4n) is 0.224. The van der Waals surface area contributed by atoms with E-state index in [1.807, 2.05) is 0 Å². The number of rotatable bonds is 2. The van der Waals surface area contributed by atoms with Crippen LogP contribution in [0.4, 0.5) is 0 Å². The molecule has 0 bridgehead atoms. The SMILES string of the molecule is CCN([AsH2])CC. The fraction of sp³-hybridized carbons (Fsp3) is 1.00. The van der Waals surface area contributed by atoms with Gasteiger partial charge in [-0.2, -0.15) is 0 Å². The first kappa shape index (κ1) is 6.52. The summed E-state index contributed by atoms with van der Waals surface area (Å²) in [5.74, 6) is 0. The van der Waals surface area contributed by atoms with Crippen LogP contribution in [-0.4, -0.2) is 34.0 Å². The molecule has 0 aromatic heterocycles. The average Bonchev–Trinajstić information content (AvgIpc) is 1.65. The van der Waals surface area contributed by atoms with Gasteiger partial charge in [0.25, 0.3) is 0 Å². The Kier molecular flexibility index (Phi) is 4.02. The van der Waals surface area contributed by atoms with E-state index in [0.717, 1.165) is 0 Å². The first-order valence-corrected chi connectivity index (χ1v) is 3.39. The van der Waals surface area contributed by atoms with Crippen molar-refractivity contribution in [2.75, 3.05) is 13.1 Å². The van der Waals surface area contributed by atoms with Gasteiger partial charge in [-0.3, -0.25) is 0 Å². The minimum atomic E-state index is 1.19. The van der Waals surface area contributed by atoms with Gasteiger partial charge >= 0.3 is 47.8 Å². The van der Waals surface area contributed by atoms with Crippen LogP contribution >= 0.6 is 0 Å². The second-order valence-corrected chi connectivity index (χ2v) is 2.75. The summed E-state index contributed by atoms with van der Waals surface area (Å²) in [4.78, 5) is 0. The minimum absolute atomic E-state index is 1.19. The van der Waals surface area contributed by atoms with Gasteiger partial charge in [-0.25, -0.2) is 0 Å². The first-order valence-electron chi connectivity index (χ1n) is 2.30. The molecule has 0 aliphatic rings. The van der Waals surface area contributed by atoms with Crippen molar-refractivity contribution < 1.29 is 0 Å². The van der Waals surface area contributed by atoms with E-state index in [4.69, 9.17) is 0 Å². The van der Waals surface area contributed by atoms with Crippen LogP contribution in [0.2, 0.25) is 0 Å². The third-order valence-corrected chi connectivity index (χ3v) is 2.34. The van der Waals surface area contributed by atoms with Gasteiger partial charge in [0.2, 0.25) is 0 Å². The molecule has 0 rings (SSSR count). The van der Waals surface area contributed by atoms with Gasteiger partial charge in [-0.1, -0.05) is 0 Å². The van der Waals surface area contributed by atoms with E-state index in [1.54, 1.807) is 17.1 Å². The van der Waals surface area contributed by atoms with E-state index in [9.17, 15) is 0 Å². The van der Waals surface area contributed by atoms with Gasteiger partial charge in [0.15, 0.2) is 0 Å². The molecule has 0 aromatic carbocycles. The summed E-state index contributed by atoms with van der Waals surface area (Å²) < 4.78 is 2.31. The van der Waals surface area contributed by atoms with Crippen molar-refractivity contribution in [3.05, 3.63) is 0 Å². The van der Waals surface area contributed by atoms with Crippen LogP contribution in [0.3, 0.4) is 0 Å². The summed E-state index contributed by atoms with van der Waals surface area (Å²) >= 11 is 1.71. The van der Waals surface area contributed by atoms with Crippen molar-refractivity contribution in [3.63, 3.8) is 0 Å². The van der Waals surface area contributed by atoms with E-state index < -0.39 is 0 Å². The number of hydrogen-bond donors (Lipinski definition) is 0. The van der Waals surface area contributed by atoms with Crippen molar-refractivity contribution in [3.8, 4) is 0 Å². The second-order valence-electron chi connectivity index (χ2n) is 1.22. The molecule has 0 N–H and O–H groups in total. The van der Waals surface area contributed by atoms with E-state index >= 15 is 0 Å². The summed E-state index contributed by atoms with van der Waals surface area (Å²) in [5, 5.41) is 0. The molecule has 0 fully saturated rings. The fourth-order valence-corrected chi connectivity index (χ4v) is 0.224. The third-order valence-electron chi connectivity index (χ3n) is 0.812.